The second kappa shape index (κ2) is 6.96. The molecule has 0 heteroatoms. The smallest absolute Gasteiger partial charge is 0.0102 e. The third kappa shape index (κ3) is 3.32. The molecule has 0 amide bonds. The van der Waals surface area contributed by atoms with Gasteiger partial charge in [-0.15, -0.1) is 0 Å². The van der Waals surface area contributed by atoms with E-state index in [0.29, 0.717) is 0 Å². The zero-order chi connectivity index (χ0) is 15.4. The van der Waals surface area contributed by atoms with Gasteiger partial charge >= 0.3 is 0 Å². The van der Waals surface area contributed by atoms with Crippen LogP contribution < -0.4 is 0 Å². The average Bonchev–Trinajstić information content (AvgIpc) is 2.77. The van der Waals surface area contributed by atoms with E-state index in [1.54, 1.807) is 0 Å². The van der Waals surface area contributed by atoms with Crippen LogP contribution in [0.4, 0.5) is 0 Å². The molecule has 0 N–H and O–H groups in total. The molecule has 1 aromatic rings. The van der Waals surface area contributed by atoms with Gasteiger partial charge in [-0.3, -0.25) is 0 Å². The molecule has 0 aromatic heterocycles. The summed E-state index contributed by atoms with van der Waals surface area (Å²) in [5, 5.41) is 2.78. The molecule has 3 rings (SSSR count). The normalized spacial score (nSPS) is 11.4. The van der Waals surface area contributed by atoms with Gasteiger partial charge in [0.15, 0.2) is 0 Å². The lowest BCUT2D eigenvalue weighted by atomic mass is 10.0. The summed E-state index contributed by atoms with van der Waals surface area (Å²) in [4.78, 5) is 0. The largest absolute Gasteiger partial charge is 0.0654 e. The molecule has 0 nitrogen and oxygen atoms in total. The van der Waals surface area contributed by atoms with E-state index >= 15 is 0 Å². The second-order valence-corrected chi connectivity index (χ2v) is 6.51. The maximum Gasteiger partial charge on any atom is -0.0102 e. The van der Waals surface area contributed by atoms with Crippen molar-refractivity contribution in [1.82, 2.24) is 0 Å². The molecule has 0 fully saturated rings. The van der Waals surface area contributed by atoms with Gasteiger partial charge in [-0.2, -0.15) is 0 Å². The lowest BCUT2D eigenvalue weighted by Crippen LogP contribution is -1.86. The highest BCUT2D eigenvalue weighted by molar-refractivity contribution is 6.02. The standard InChI is InChI=1S/C22H26/c1-3-4-5-6-7-8-18-11-13-20-16-19-12-9-17(2)10-14-21(19)22(20)15-18/h9-16H,3-8H2,1-2H3. The molecular weight excluding hydrogens is 264 g/mol. The molecule has 0 saturated carbocycles. The highest BCUT2D eigenvalue weighted by atomic mass is 14.1. The minimum Gasteiger partial charge on any atom is -0.0654 e. The Hall–Kier alpha value is -1.82. The first-order valence-electron chi connectivity index (χ1n) is 8.70. The average molecular weight is 290 g/mol. The lowest BCUT2D eigenvalue weighted by molar-refractivity contribution is 0.632. The van der Waals surface area contributed by atoms with Crippen molar-refractivity contribution in [3.8, 4) is 11.1 Å². The van der Waals surface area contributed by atoms with Crippen LogP contribution in [-0.4, -0.2) is 0 Å². The predicted octanol–water partition coefficient (Wildman–Crippen LogP) is 6.77. The number of hydrogen-bond donors (Lipinski definition) is 0. The predicted molar refractivity (Wildman–Crippen MR) is 97.8 cm³/mol. The molecule has 0 unspecified atom stereocenters. The van der Waals surface area contributed by atoms with Crippen molar-refractivity contribution in [1.29, 1.82) is 0 Å². The number of hydrogen-bond acceptors (Lipinski definition) is 0. The first-order chi connectivity index (χ1) is 10.8. The van der Waals surface area contributed by atoms with Gasteiger partial charge in [0, 0.05) is 0 Å². The fourth-order valence-electron chi connectivity index (χ4n) is 3.27. The van der Waals surface area contributed by atoms with Gasteiger partial charge in [0.05, 0.1) is 0 Å². The lowest BCUT2D eigenvalue weighted by Gasteiger charge is -2.03. The monoisotopic (exact) mass is 290 g/mol. The minimum absolute atomic E-state index is 1.21. The Morgan fingerprint density at radius 2 is 1.59 bits per heavy atom. The Morgan fingerprint density at radius 1 is 0.773 bits per heavy atom. The zero-order valence-corrected chi connectivity index (χ0v) is 13.9. The second-order valence-electron chi connectivity index (χ2n) is 6.51. The topological polar surface area (TPSA) is 0 Å². The number of fused-ring (bicyclic) bond motifs is 3. The Bertz CT molecular complexity index is 723. The van der Waals surface area contributed by atoms with Crippen LogP contribution in [0.3, 0.4) is 0 Å². The molecule has 0 aliphatic heterocycles. The van der Waals surface area contributed by atoms with Crippen LogP contribution in [0, 0.1) is 6.92 Å². The van der Waals surface area contributed by atoms with Crippen LogP contribution in [0.5, 0.6) is 0 Å². The van der Waals surface area contributed by atoms with Gasteiger partial charge in [-0.25, -0.2) is 0 Å². The fraction of sp³-hybridized carbons (Fsp3) is 0.364. The maximum atomic E-state index is 2.41. The molecule has 0 atom stereocenters. The fourth-order valence-corrected chi connectivity index (χ4v) is 3.27. The molecular formula is C22H26. The Labute approximate surface area is 134 Å². The molecule has 0 saturated heterocycles. The number of rotatable bonds is 6. The first kappa shape index (κ1) is 15.1. The summed E-state index contributed by atoms with van der Waals surface area (Å²) in [7, 11) is 0. The summed E-state index contributed by atoms with van der Waals surface area (Å²) in [6, 6.07) is 18.3. The van der Waals surface area contributed by atoms with E-state index in [2.05, 4.69) is 62.4 Å². The molecule has 114 valence electrons. The van der Waals surface area contributed by atoms with E-state index in [1.165, 1.54) is 71.6 Å². The van der Waals surface area contributed by atoms with E-state index in [4.69, 9.17) is 0 Å². The first-order valence-corrected chi connectivity index (χ1v) is 8.70. The number of aryl methyl sites for hydroxylation is 2. The van der Waals surface area contributed by atoms with Crippen LogP contribution in [-0.2, 0) is 6.42 Å². The van der Waals surface area contributed by atoms with Gasteiger partial charge in [0.25, 0.3) is 0 Å². The van der Waals surface area contributed by atoms with Crippen LogP contribution in [0.1, 0.15) is 50.2 Å². The van der Waals surface area contributed by atoms with Gasteiger partial charge in [0.1, 0.15) is 0 Å². The summed E-state index contributed by atoms with van der Waals surface area (Å²) in [6.45, 7) is 4.43. The Balaban J connectivity index is 1.82. The van der Waals surface area contributed by atoms with E-state index in [9.17, 15) is 0 Å². The number of benzene rings is 1. The Morgan fingerprint density at radius 3 is 2.45 bits per heavy atom. The minimum atomic E-state index is 1.21. The highest BCUT2D eigenvalue weighted by Gasteiger charge is 2.09. The van der Waals surface area contributed by atoms with Crippen molar-refractivity contribution < 1.29 is 0 Å². The van der Waals surface area contributed by atoms with Crippen molar-refractivity contribution >= 4 is 10.8 Å². The zero-order valence-electron chi connectivity index (χ0n) is 13.9. The molecule has 0 heterocycles. The number of unbranched alkanes of at least 4 members (excludes halogenated alkanes) is 4. The van der Waals surface area contributed by atoms with E-state index in [1.807, 2.05) is 0 Å². The van der Waals surface area contributed by atoms with Crippen LogP contribution in [0.2, 0.25) is 0 Å². The van der Waals surface area contributed by atoms with Crippen molar-refractivity contribution in [2.45, 2.75) is 52.4 Å². The Kier molecular flexibility index (Phi) is 4.77. The molecule has 0 spiro atoms. The SMILES string of the molecule is CCCCCCCc1ccc2cc3ccc(C)ccc-3c2c1. The van der Waals surface area contributed by atoms with Gasteiger partial charge in [-0.1, -0.05) is 80.6 Å². The molecule has 2 aliphatic carbocycles. The molecule has 2 aliphatic rings. The maximum absolute atomic E-state index is 2.41. The van der Waals surface area contributed by atoms with Crippen LogP contribution >= 0.6 is 0 Å². The van der Waals surface area contributed by atoms with Crippen molar-refractivity contribution in [2.75, 3.05) is 0 Å². The summed E-state index contributed by atoms with van der Waals surface area (Å²) in [5.41, 5.74) is 5.54. The molecule has 1 aromatic carbocycles. The molecule has 22 heavy (non-hydrogen) atoms. The van der Waals surface area contributed by atoms with Gasteiger partial charge in [0.2, 0.25) is 0 Å². The summed E-state index contributed by atoms with van der Waals surface area (Å²) >= 11 is 0. The van der Waals surface area contributed by atoms with Gasteiger partial charge < -0.3 is 0 Å². The summed E-state index contributed by atoms with van der Waals surface area (Å²) < 4.78 is 0. The summed E-state index contributed by atoms with van der Waals surface area (Å²) in [6.07, 6.45) is 7.97. The van der Waals surface area contributed by atoms with Crippen molar-refractivity contribution in [2.24, 2.45) is 0 Å². The highest BCUT2D eigenvalue weighted by Crippen LogP contribution is 2.34. The van der Waals surface area contributed by atoms with Gasteiger partial charge in [-0.05, 0) is 53.3 Å². The summed E-state index contributed by atoms with van der Waals surface area (Å²) in [5.74, 6) is 0. The quantitative estimate of drug-likeness (QED) is 0.440. The van der Waals surface area contributed by atoms with E-state index in [-0.39, 0.29) is 0 Å². The van der Waals surface area contributed by atoms with E-state index in [0.717, 1.165) is 0 Å². The van der Waals surface area contributed by atoms with Crippen LogP contribution in [0.15, 0.2) is 48.5 Å². The van der Waals surface area contributed by atoms with Crippen molar-refractivity contribution in [3.05, 3.63) is 59.7 Å². The third-order valence-electron chi connectivity index (χ3n) is 4.64. The molecule has 0 radical (unpaired) electrons. The van der Waals surface area contributed by atoms with Crippen molar-refractivity contribution in [3.63, 3.8) is 0 Å². The molecule has 0 bridgehead atoms. The third-order valence-corrected chi connectivity index (χ3v) is 4.64. The van der Waals surface area contributed by atoms with Crippen LogP contribution in [0.25, 0.3) is 21.9 Å². The van der Waals surface area contributed by atoms with E-state index < -0.39 is 0 Å².